The molecule has 0 N–H and O–H groups in total. The second-order valence-corrected chi connectivity index (χ2v) is 9.02. The number of rotatable bonds is 6. The number of nitrogens with zero attached hydrogens (tertiary/aromatic N) is 6. The van der Waals surface area contributed by atoms with E-state index in [-0.39, 0.29) is 0 Å². The maximum Gasteiger partial charge on any atom is 0.343 e. The van der Waals surface area contributed by atoms with E-state index in [4.69, 9.17) is 14.7 Å². The molecule has 2 aromatic carbocycles. The van der Waals surface area contributed by atoms with Crippen LogP contribution in [0.3, 0.4) is 0 Å². The molecule has 0 radical (unpaired) electrons. The summed E-state index contributed by atoms with van der Waals surface area (Å²) in [4.78, 5) is 35.8. The molecule has 3 heterocycles. The number of esters is 1. The predicted octanol–water partition coefficient (Wildman–Crippen LogP) is 4.72. The zero-order chi connectivity index (χ0) is 25.8. The smallest absolute Gasteiger partial charge is 0.343 e. The fourth-order valence-corrected chi connectivity index (χ4v) is 4.51. The molecule has 1 aliphatic rings. The maximum atomic E-state index is 12.7. The van der Waals surface area contributed by atoms with E-state index >= 15 is 0 Å². The van der Waals surface area contributed by atoms with Gasteiger partial charge in [-0.3, -0.25) is 0 Å². The van der Waals surface area contributed by atoms with Crippen LogP contribution in [0.1, 0.15) is 28.7 Å². The summed E-state index contributed by atoms with van der Waals surface area (Å²) in [6.45, 7) is 8.88. The number of anilines is 2. The Labute approximate surface area is 217 Å². The lowest BCUT2D eigenvalue weighted by atomic mass is 10.1. The van der Waals surface area contributed by atoms with Gasteiger partial charge in [0.15, 0.2) is 5.82 Å². The van der Waals surface area contributed by atoms with E-state index in [1.165, 1.54) is 0 Å². The topological polar surface area (TPSA) is 84.3 Å². The fourth-order valence-electron chi connectivity index (χ4n) is 4.51. The highest BCUT2D eigenvalue weighted by atomic mass is 16.5. The summed E-state index contributed by atoms with van der Waals surface area (Å²) in [5, 5.41) is 0. The van der Waals surface area contributed by atoms with Crippen molar-refractivity contribution in [2.45, 2.75) is 20.8 Å². The number of carbonyl (C=O) groups is 1. The van der Waals surface area contributed by atoms with Crippen molar-refractivity contribution < 1.29 is 9.53 Å². The second-order valence-electron chi connectivity index (χ2n) is 9.02. The van der Waals surface area contributed by atoms with Crippen molar-refractivity contribution in [3.05, 3.63) is 83.8 Å². The van der Waals surface area contributed by atoms with E-state index in [9.17, 15) is 4.79 Å². The van der Waals surface area contributed by atoms with E-state index in [2.05, 4.69) is 31.9 Å². The van der Waals surface area contributed by atoms with Gasteiger partial charge < -0.3 is 14.5 Å². The molecule has 1 fully saturated rings. The van der Waals surface area contributed by atoms with Crippen molar-refractivity contribution >= 4 is 17.6 Å². The molecule has 4 aromatic rings. The van der Waals surface area contributed by atoms with Gasteiger partial charge in [0.25, 0.3) is 0 Å². The number of aryl methyl sites for hydroxylation is 2. The first-order chi connectivity index (χ1) is 18.0. The fraction of sp³-hybridized carbons (Fsp3) is 0.276. The van der Waals surface area contributed by atoms with Gasteiger partial charge in [0.1, 0.15) is 23.0 Å². The lowest BCUT2D eigenvalue weighted by molar-refractivity contribution is 0.0526. The van der Waals surface area contributed by atoms with Gasteiger partial charge in [0.05, 0.1) is 12.3 Å². The van der Waals surface area contributed by atoms with E-state index in [0.29, 0.717) is 36.9 Å². The van der Waals surface area contributed by atoms with Gasteiger partial charge >= 0.3 is 5.97 Å². The zero-order valence-electron chi connectivity index (χ0n) is 21.4. The normalized spacial score (nSPS) is 13.5. The average Bonchev–Trinajstić information content (AvgIpc) is 2.93. The third-order valence-electron chi connectivity index (χ3n) is 6.34. The third kappa shape index (κ3) is 5.43. The highest BCUT2D eigenvalue weighted by molar-refractivity contribution is 5.95. The third-order valence-corrected chi connectivity index (χ3v) is 6.34. The molecule has 37 heavy (non-hydrogen) atoms. The van der Waals surface area contributed by atoms with Crippen LogP contribution in [0, 0.1) is 13.8 Å². The lowest BCUT2D eigenvalue weighted by Gasteiger charge is -2.36. The first-order valence-corrected chi connectivity index (χ1v) is 12.5. The summed E-state index contributed by atoms with van der Waals surface area (Å²) < 4.78 is 5.31. The number of piperazine rings is 1. The molecular weight excluding hydrogens is 464 g/mol. The number of carbonyl (C=O) groups excluding carboxylic acids is 1. The van der Waals surface area contributed by atoms with Crippen LogP contribution in [0.2, 0.25) is 0 Å². The molecule has 0 saturated carbocycles. The number of hydrogen-bond donors (Lipinski definition) is 0. The minimum Gasteiger partial charge on any atom is -0.462 e. The van der Waals surface area contributed by atoms with Gasteiger partial charge in [0, 0.05) is 49.6 Å². The number of benzene rings is 2. The molecule has 8 nitrogen and oxygen atoms in total. The molecule has 0 aliphatic carbocycles. The Morgan fingerprint density at radius 3 is 2.32 bits per heavy atom. The van der Waals surface area contributed by atoms with Crippen molar-refractivity contribution in [1.29, 1.82) is 0 Å². The first-order valence-electron chi connectivity index (χ1n) is 12.5. The van der Waals surface area contributed by atoms with Crippen LogP contribution in [0.4, 0.5) is 11.6 Å². The molecule has 0 amide bonds. The number of ether oxygens (including phenoxy) is 1. The van der Waals surface area contributed by atoms with Crippen molar-refractivity contribution in [1.82, 2.24) is 19.9 Å². The van der Waals surface area contributed by atoms with Crippen molar-refractivity contribution in [2.75, 3.05) is 42.6 Å². The minimum atomic E-state index is -0.408. The van der Waals surface area contributed by atoms with Crippen molar-refractivity contribution in [3.63, 3.8) is 0 Å². The second kappa shape index (κ2) is 10.7. The Hall–Kier alpha value is -4.33. The Morgan fingerprint density at radius 2 is 1.59 bits per heavy atom. The van der Waals surface area contributed by atoms with E-state index < -0.39 is 5.97 Å². The van der Waals surface area contributed by atoms with Crippen LogP contribution < -0.4 is 9.80 Å². The predicted molar refractivity (Wildman–Crippen MR) is 145 cm³/mol. The van der Waals surface area contributed by atoms with Crippen LogP contribution in [0.5, 0.6) is 0 Å². The molecule has 8 heteroatoms. The molecule has 0 unspecified atom stereocenters. The Morgan fingerprint density at radius 1 is 0.865 bits per heavy atom. The van der Waals surface area contributed by atoms with Crippen molar-refractivity contribution in [3.8, 4) is 22.6 Å². The highest BCUT2D eigenvalue weighted by Gasteiger charge is 2.26. The molecule has 1 saturated heterocycles. The monoisotopic (exact) mass is 494 g/mol. The van der Waals surface area contributed by atoms with Gasteiger partial charge in [-0.05, 0) is 26.8 Å². The van der Waals surface area contributed by atoms with Gasteiger partial charge in [-0.15, -0.1) is 0 Å². The first kappa shape index (κ1) is 24.4. The van der Waals surface area contributed by atoms with Crippen LogP contribution in [0.15, 0.2) is 66.9 Å². The molecule has 0 spiro atoms. The molecule has 0 bridgehead atoms. The summed E-state index contributed by atoms with van der Waals surface area (Å²) in [6.07, 6.45) is 1.59. The SMILES string of the molecule is CCOC(=O)c1cnc(-c2cccc(C)c2)nc1N1CCN(c2cc(-c3ccccc3)nc(C)n2)CC1. The molecule has 0 atom stereocenters. The summed E-state index contributed by atoms with van der Waals surface area (Å²) in [7, 11) is 0. The lowest BCUT2D eigenvalue weighted by Crippen LogP contribution is -2.47. The average molecular weight is 495 g/mol. The largest absolute Gasteiger partial charge is 0.462 e. The Balaban J connectivity index is 1.41. The van der Waals surface area contributed by atoms with Gasteiger partial charge in [0.2, 0.25) is 0 Å². The molecule has 188 valence electrons. The minimum absolute atomic E-state index is 0.294. The zero-order valence-corrected chi connectivity index (χ0v) is 21.4. The van der Waals surface area contributed by atoms with Crippen molar-refractivity contribution in [2.24, 2.45) is 0 Å². The van der Waals surface area contributed by atoms with Crippen LogP contribution in [-0.2, 0) is 4.74 Å². The van der Waals surface area contributed by atoms with Crippen LogP contribution >= 0.6 is 0 Å². The van der Waals surface area contributed by atoms with E-state index in [1.54, 1.807) is 13.1 Å². The maximum absolute atomic E-state index is 12.7. The molecule has 5 rings (SSSR count). The number of aromatic nitrogens is 4. The molecule has 1 aliphatic heterocycles. The van der Waals surface area contributed by atoms with Crippen LogP contribution in [-0.4, -0.2) is 58.7 Å². The summed E-state index contributed by atoms with van der Waals surface area (Å²) >= 11 is 0. The quantitative estimate of drug-likeness (QED) is 0.356. The Bertz CT molecular complexity index is 1400. The standard InChI is InChI=1S/C29H30N6O2/c1-4-37-29(36)24-19-30-27(23-12-8-9-20(2)17-23)33-28(24)35-15-13-34(14-16-35)26-18-25(31-21(3)32-26)22-10-6-5-7-11-22/h5-12,17-19H,4,13-16H2,1-3H3. The van der Waals surface area contributed by atoms with Crippen LogP contribution in [0.25, 0.3) is 22.6 Å². The highest BCUT2D eigenvalue weighted by Crippen LogP contribution is 2.27. The van der Waals surface area contributed by atoms with Gasteiger partial charge in [-0.1, -0.05) is 54.1 Å². The molecule has 2 aromatic heterocycles. The van der Waals surface area contributed by atoms with E-state index in [1.807, 2.05) is 62.4 Å². The summed E-state index contributed by atoms with van der Waals surface area (Å²) in [5.74, 6) is 2.43. The summed E-state index contributed by atoms with van der Waals surface area (Å²) in [5.41, 5.74) is 4.40. The van der Waals surface area contributed by atoms with Gasteiger partial charge in [-0.2, -0.15) is 0 Å². The molecular formula is C29H30N6O2. The van der Waals surface area contributed by atoms with Gasteiger partial charge in [-0.25, -0.2) is 24.7 Å². The Kier molecular flexibility index (Phi) is 7.07. The van der Waals surface area contributed by atoms with E-state index in [0.717, 1.165) is 47.1 Å². The summed E-state index contributed by atoms with van der Waals surface area (Å²) in [6, 6.07) is 20.2. The number of hydrogen-bond acceptors (Lipinski definition) is 8.